The summed E-state index contributed by atoms with van der Waals surface area (Å²) in [5.74, 6) is 0.541. The number of benzene rings is 2. The molecule has 1 aliphatic heterocycles. The maximum absolute atomic E-state index is 13.3. The molecule has 2 aromatic carbocycles. The molecule has 2 fully saturated rings. The van der Waals surface area contributed by atoms with Crippen LogP contribution in [0.2, 0.25) is 0 Å². The van der Waals surface area contributed by atoms with E-state index < -0.39 is 5.97 Å². The fourth-order valence-corrected chi connectivity index (χ4v) is 6.74. The minimum absolute atomic E-state index is 0.0252. The summed E-state index contributed by atoms with van der Waals surface area (Å²) in [5, 5.41) is 9.23. The predicted octanol–water partition coefficient (Wildman–Crippen LogP) is 6.02. The Morgan fingerprint density at radius 2 is 1.78 bits per heavy atom. The van der Waals surface area contributed by atoms with E-state index in [-0.39, 0.29) is 22.2 Å². The zero-order valence-corrected chi connectivity index (χ0v) is 19.2. The Labute approximate surface area is 189 Å². The van der Waals surface area contributed by atoms with Crippen molar-refractivity contribution in [2.45, 2.75) is 64.4 Å². The van der Waals surface area contributed by atoms with Crippen LogP contribution in [0.4, 0.5) is 0 Å². The van der Waals surface area contributed by atoms with Crippen LogP contribution in [0.25, 0.3) is 6.08 Å². The van der Waals surface area contributed by atoms with Gasteiger partial charge in [0.05, 0.1) is 0 Å². The zero-order chi connectivity index (χ0) is 22.9. The van der Waals surface area contributed by atoms with Gasteiger partial charge in [0.25, 0.3) is 0 Å². The molecule has 4 nitrogen and oxygen atoms in total. The van der Waals surface area contributed by atoms with Crippen molar-refractivity contribution in [2.75, 3.05) is 0 Å². The molecule has 0 amide bonds. The van der Waals surface area contributed by atoms with Crippen LogP contribution in [-0.2, 0) is 10.2 Å². The summed E-state index contributed by atoms with van der Waals surface area (Å²) in [4.78, 5) is 24.6. The number of ether oxygens (including phenoxy) is 1. The molecule has 0 spiro atoms. The van der Waals surface area contributed by atoms with Gasteiger partial charge >= 0.3 is 5.97 Å². The number of rotatable bonds is 5. The highest BCUT2D eigenvalue weighted by Crippen LogP contribution is 2.73. The zero-order valence-electron chi connectivity index (χ0n) is 19.2. The molecule has 4 heteroatoms. The first-order valence-corrected chi connectivity index (χ1v) is 11.5. The third kappa shape index (κ3) is 2.61. The van der Waals surface area contributed by atoms with Gasteiger partial charge in [-0.15, -0.1) is 0 Å². The fraction of sp³-hybridized carbons (Fsp3) is 0.429. The average Bonchev–Trinajstić information content (AvgIpc) is 3.35. The van der Waals surface area contributed by atoms with Crippen LogP contribution in [0.3, 0.4) is 0 Å². The van der Waals surface area contributed by atoms with Crippen LogP contribution in [0, 0.1) is 11.3 Å². The Kier molecular flexibility index (Phi) is 4.47. The molecule has 0 aromatic heterocycles. The smallest absolute Gasteiger partial charge is 0.331 e. The largest absolute Gasteiger partial charge is 0.486 e. The first-order valence-electron chi connectivity index (χ1n) is 11.5. The molecule has 2 bridgehead atoms. The van der Waals surface area contributed by atoms with Gasteiger partial charge in [-0.2, -0.15) is 0 Å². The fourth-order valence-electron chi connectivity index (χ4n) is 6.74. The van der Waals surface area contributed by atoms with E-state index >= 15 is 0 Å². The molecule has 5 rings (SSSR count). The van der Waals surface area contributed by atoms with Crippen LogP contribution < -0.4 is 4.74 Å². The predicted molar refractivity (Wildman–Crippen MR) is 124 cm³/mol. The second kappa shape index (κ2) is 6.81. The van der Waals surface area contributed by atoms with Crippen molar-refractivity contribution in [2.24, 2.45) is 11.3 Å². The summed E-state index contributed by atoms with van der Waals surface area (Å²) >= 11 is 0. The molecule has 166 valence electrons. The highest BCUT2D eigenvalue weighted by molar-refractivity contribution is 6.09. The summed E-state index contributed by atoms with van der Waals surface area (Å²) in [6.07, 6.45) is 5.70. The summed E-state index contributed by atoms with van der Waals surface area (Å²) in [7, 11) is 0. The Bertz CT molecular complexity index is 1160. The van der Waals surface area contributed by atoms with Crippen molar-refractivity contribution in [1.82, 2.24) is 0 Å². The number of carbonyl (C=O) groups excluding carboxylic acids is 1. The normalized spacial score (nSPS) is 32.4. The molecule has 4 unspecified atom stereocenters. The van der Waals surface area contributed by atoms with Gasteiger partial charge in [-0.1, -0.05) is 45.0 Å². The minimum Gasteiger partial charge on any atom is -0.486 e. The van der Waals surface area contributed by atoms with Crippen molar-refractivity contribution in [1.29, 1.82) is 0 Å². The number of hydrogen-bond acceptors (Lipinski definition) is 3. The van der Waals surface area contributed by atoms with Gasteiger partial charge in [0.15, 0.2) is 5.78 Å². The van der Waals surface area contributed by atoms with Crippen LogP contribution >= 0.6 is 0 Å². The Hall–Kier alpha value is -2.88. The summed E-state index contributed by atoms with van der Waals surface area (Å²) in [6.45, 7) is 8.80. The van der Waals surface area contributed by atoms with Gasteiger partial charge in [0, 0.05) is 27.7 Å². The topological polar surface area (TPSA) is 63.6 Å². The van der Waals surface area contributed by atoms with Gasteiger partial charge in [0.2, 0.25) is 0 Å². The SMILES string of the molecule is CCC(=Cc1ccc(C(=O)c2ccc3c(c2)C2(C)C4(C)CCC(C4)C2(C)O3)cc1)C(=O)O. The van der Waals surface area contributed by atoms with Gasteiger partial charge in [-0.05, 0) is 73.8 Å². The molecule has 4 atom stereocenters. The van der Waals surface area contributed by atoms with E-state index in [1.54, 1.807) is 30.3 Å². The maximum atomic E-state index is 13.3. The third-order valence-corrected chi connectivity index (χ3v) is 8.99. The molecule has 1 N–H and O–H groups in total. The Balaban J connectivity index is 1.47. The van der Waals surface area contributed by atoms with Crippen molar-refractivity contribution >= 4 is 17.8 Å². The second-order valence-corrected chi connectivity index (χ2v) is 10.3. The van der Waals surface area contributed by atoms with E-state index in [1.807, 2.05) is 19.1 Å². The van der Waals surface area contributed by atoms with Crippen molar-refractivity contribution in [3.8, 4) is 5.75 Å². The van der Waals surface area contributed by atoms with E-state index in [2.05, 4.69) is 26.8 Å². The third-order valence-electron chi connectivity index (χ3n) is 8.99. The van der Waals surface area contributed by atoms with Gasteiger partial charge in [-0.3, -0.25) is 4.79 Å². The lowest BCUT2D eigenvalue weighted by Gasteiger charge is -2.48. The first-order chi connectivity index (χ1) is 15.1. The summed E-state index contributed by atoms with van der Waals surface area (Å²) < 4.78 is 6.58. The lowest BCUT2D eigenvalue weighted by Crippen LogP contribution is -2.54. The van der Waals surface area contributed by atoms with Crippen LogP contribution in [0.5, 0.6) is 5.75 Å². The maximum Gasteiger partial charge on any atom is 0.331 e. The van der Waals surface area contributed by atoms with Crippen LogP contribution in [0.15, 0.2) is 48.0 Å². The quantitative estimate of drug-likeness (QED) is 0.465. The second-order valence-electron chi connectivity index (χ2n) is 10.3. The lowest BCUT2D eigenvalue weighted by molar-refractivity contribution is -0.132. The number of hydrogen-bond donors (Lipinski definition) is 1. The molecule has 2 saturated carbocycles. The van der Waals surface area contributed by atoms with Crippen LogP contribution in [0.1, 0.15) is 80.4 Å². The number of carbonyl (C=O) groups is 2. The highest BCUT2D eigenvalue weighted by Gasteiger charge is 2.73. The lowest BCUT2D eigenvalue weighted by atomic mass is 9.56. The van der Waals surface area contributed by atoms with Gasteiger partial charge < -0.3 is 9.84 Å². The molecule has 2 aliphatic carbocycles. The number of ketones is 1. The van der Waals surface area contributed by atoms with Gasteiger partial charge in [-0.25, -0.2) is 4.79 Å². The average molecular weight is 431 g/mol. The van der Waals surface area contributed by atoms with E-state index in [0.717, 1.165) is 11.3 Å². The molecular formula is C28H30O4. The molecular weight excluding hydrogens is 400 g/mol. The van der Waals surface area contributed by atoms with E-state index in [1.165, 1.54) is 24.8 Å². The van der Waals surface area contributed by atoms with Crippen molar-refractivity contribution in [3.05, 3.63) is 70.3 Å². The monoisotopic (exact) mass is 430 g/mol. The van der Waals surface area contributed by atoms with E-state index in [0.29, 0.717) is 29.0 Å². The molecule has 32 heavy (non-hydrogen) atoms. The van der Waals surface area contributed by atoms with E-state index in [9.17, 15) is 14.7 Å². The minimum atomic E-state index is -0.914. The summed E-state index contributed by atoms with van der Waals surface area (Å²) in [6, 6.07) is 13.1. The highest BCUT2D eigenvalue weighted by atomic mass is 16.5. The van der Waals surface area contributed by atoms with Crippen molar-refractivity contribution < 1.29 is 19.4 Å². The van der Waals surface area contributed by atoms with Crippen molar-refractivity contribution in [3.63, 3.8) is 0 Å². The molecule has 1 heterocycles. The number of carboxylic acid groups (broad SMARTS) is 1. The van der Waals surface area contributed by atoms with Gasteiger partial charge in [0.1, 0.15) is 11.4 Å². The number of fused-ring (bicyclic) bond motifs is 7. The van der Waals surface area contributed by atoms with Crippen LogP contribution in [-0.4, -0.2) is 22.5 Å². The summed E-state index contributed by atoms with van der Waals surface area (Å²) in [5.41, 5.74) is 3.45. The Morgan fingerprint density at radius 3 is 2.44 bits per heavy atom. The number of carboxylic acids is 1. The molecule has 2 aromatic rings. The molecule has 0 radical (unpaired) electrons. The first kappa shape index (κ1) is 21.0. The van der Waals surface area contributed by atoms with E-state index in [4.69, 9.17) is 4.74 Å². The standard InChI is InChI=1S/C28H30O4/c1-5-18(25(30)31)14-17-6-8-19(9-7-17)24(29)20-10-11-23-22(15-20)27(3)26(2)13-12-21(16-26)28(27,4)32-23/h6-11,14-15,21H,5,12-13,16H2,1-4H3,(H,30,31). The molecule has 0 saturated heterocycles. The number of aliphatic carboxylic acids is 1. The molecule has 3 aliphatic rings. The Morgan fingerprint density at radius 1 is 1.09 bits per heavy atom.